The van der Waals surface area contributed by atoms with Crippen LogP contribution in [0.2, 0.25) is 0 Å². The van der Waals surface area contributed by atoms with Gasteiger partial charge in [-0.05, 0) is 18.2 Å². The summed E-state index contributed by atoms with van der Waals surface area (Å²) in [5.41, 5.74) is 2.88. The fraction of sp³-hybridized carbons (Fsp3) is 0.500. The van der Waals surface area contributed by atoms with Crippen LogP contribution in [-0.2, 0) is 18.3 Å². The van der Waals surface area contributed by atoms with Crippen molar-refractivity contribution in [2.75, 3.05) is 25.0 Å². The van der Waals surface area contributed by atoms with E-state index in [1.807, 2.05) is 18.2 Å². The SMILES string of the molecule is CC(=O)Nc1ccc2c(c1)nc(CC[NH+]1CCCC1)n2C. The Morgan fingerprint density at radius 3 is 2.86 bits per heavy atom. The maximum absolute atomic E-state index is 11.1. The summed E-state index contributed by atoms with van der Waals surface area (Å²) in [4.78, 5) is 17.6. The zero-order chi connectivity index (χ0) is 14.8. The average molecular weight is 287 g/mol. The highest BCUT2D eigenvalue weighted by molar-refractivity contribution is 5.91. The Hall–Kier alpha value is -1.88. The number of carbonyl (C=O) groups is 1. The Kier molecular flexibility index (Phi) is 3.92. The van der Waals surface area contributed by atoms with Crippen LogP contribution < -0.4 is 10.2 Å². The van der Waals surface area contributed by atoms with Crippen LogP contribution in [0.15, 0.2) is 18.2 Å². The van der Waals surface area contributed by atoms with E-state index in [1.54, 1.807) is 4.90 Å². The highest BCUT2D eigenvalue weighted by atomic mass is 16.1. The summed E-state index contributed by atoms with van der Waals surface area (Å²) in [6.07, 6.45) is 3.73. The normalized spacial score (nSPS) is 15.7. The third-order valence-corrected chi connectivity index (χ3v) is 4.31. The van der Waals surface area contributed by atoms with Gasteiger partial charge in [-0.15, -0.1) is 0 Å². The van der Waals surface area contributed by atoms with Crippen LogP contribution in [-0.4, -0.2) is 35.1 Å². The van der Waals surface area contributed by atoms with Crippen LogP contribution >= 0.6 is 0 Å². The lowest BCUT2D eigenvalue weighted by molar-refractivity contribution is -0.887. The van der Waals surface area contributed by atoms with Crippen molar-refractivity contribution in [3.05, 3.63) is 24.0 Å². The van der Waals surface area contributed by atoms with Crippen molar-refractivity contribution in [3.63, 3.8) is 0 Å². The zero-order valence-corrected chi connectivity index (χ0v) is 12.8. The molecule has 0 saturated carbocycles. The molecule has 2 N–H and O–H groups in total. The number of hydrogen-bond acceptors (Lipinski definition) is 2. The molecule has 0 atom stereocenters. The molecule has 0 aliphatic carbocycles. The maximum Gasteiger partial charge on any atom is 0.221 e. The van der Waals surface area contributed by atoms with Crippen molar-refractivity contribution in [2.24, 2.45) is 7.05 Å². The second-order valence-corrected chi connectivity index (χ2v) is 5.93. The average Bonchev–Trinajstić information content (AvgIpc) is 3.04. The van der Waals surface area contributed by atoms with Gasteiger partial charge >= 0.3 is 0 Å². The molecule has 2 aromatic rings. The summed E-state index contributed by atoms with van der Waals surface area (Å²) in [6.45, 7) is 5.29. The first-order chi connectivity index (χ1) is 10.1. The highest BCUT2D eigenvalue weighted by Crippen LogP contribution is 2.19. The molecule has 1 amide bonds. The third-order valence-electron chi connectivity index (χ3n) is 4.31. The molecule has 0 radical (unpaired) electrons. The summed E-state index contributed by atoms with van der Waals surface area (Å²) >= 11 is 0. The van der Waals surface area contributed by atoms with Crippen LogP contribution in [0, 0.1) is 0 Å². The lowest BCUT2D eigenvalue weighted by atomic mass is 10.2. The lowest BCUT2D eigenvalue weighted by Gasteiger charge is -2.11. The van der Waals surface area contributed by atoms with E-state index >= 15 is 0 Å². The van der Waals surface area contributed by atoms with Gasteiger partial charge in [-0.2, -0.15) is 0 Å². The van der Waals surface area contributed by atoms with Crippen LogP contribution in [0.5, 0.6) is 0 Å². The van der Waals surface area contributed by atoms with Crippen molar-refractivity contribution in [2.45, 2.75) is 26.2 Å². The summed E-state index contributed by atoms with van der Waals surface area (Å²) in [5.74, 6) is 1.08. The van der Waals surface area contributed by atoms with Gasteiger partial charge in [-0.1, -0.05) is 0 Å². The number of nitrogens with zero attached hydrogens (tertiary/aromatic N) is 2. The summed E-state index contributed by atoms with van der Waals surface area (Å²) < 4.78 is 2.17. The second kappa shape index (κ2) is 5.85. The standard InChI is InChI=1S/C16H22N4O/c1-12(21)17-13-5-6-15-14(11-13)18-16(19(15)2)7-10-20-8-3-4-9-20/h5-6,11H,3-4,7-10H2,1-2H3,(H,17,21)/p+1. The number of anilines is 1. The van der Waals surface area contributed by atoms with Crippen LogP contribution in [0.3, 0.4) is 0 Å². The molecule has 1 aromatic heterocycles. The van der Waals surface area contributed by atoms with Crippen molar-refractivity contribution in [1.82, 2.24) is 9.55 Å². The number of aromatic nitrogens is 2. The smallest absolute Gasteiger partial charge is 0.221 e. The van der Waals surface area contributed by atoms with E-state index in [2.05, 4.69) is 16.9 Å². The fourth-order valence-electron chi connectivity index (χ4n) is 3.17. The first-order valence-corrected chi connectivity index (χ1v) is 7.70. The first kappa shape index (κ1) is 14.1. The number of fused-ring (bicyclic) bond motifs is 1. The lowest BCUT2D eigenvalue weighted by Crippen LogP contribution is -3.10. The monoisotopic (exact) mass is 287 g/mol. The number of rotatable bonds is 4. The molecular formula is C16H23N4O+. The van der Waals surface area contributed by atoms with E-state index in [9.17, 15) is 4.79 Å². The van der Waals surface area contributed by atoms with Gasteiger partial charge in [-0.25, -0.2) is 4.98 Å². The van der Waals surface area contributed by atoms with E-state index in [-0.39, 0.29) is 5.91 Å². The van der Waals surface area contributed by atoms with Gasteiger partial charge in [0.2, 0.25) is 5.91 Å². The van der Waals surface area contributed by atoms with Gasteiger partial charge in [-0.3, -0.25) is 4.79 Å². The number of likely N-dealkylation sites (tertiary alicyclic amines) is 1. The minimum atomic E-state index is -0.0527. The Labute approximate surface area is 125 Å². The molecule has 1 fully saturated rings. The molecule has 0 unspecified atom stereocenters. The molecule has 1 aliphatic heterocycles. The van der Waals surface area contributed by atoms with Crippen molar-refractivity contribution < 1.29 is 9.69 Å². The quantitative estimate of drug-likeness (QED) is 0.872. The van der Waals surface area contributed by atoms with Gasteiger partial charge in [0.15, 0.2) is 0 Å². The van der Waals surface area contributed by atoms with E-state index < -0.39 is 0 Å². The minimum Gasteiger partial charge on any atom is -0.335 e. The van der Waals surface area contributed by atoms with Crippen molar-refractivity contribution >= 4 is 22.6 Å². The molecule has 1 saturated heterocycles. The molecule has 5 heteroatoms. The highest BCUT2D eigenvalue weighted by Gasteiger charge is 2.16. The van der Waals surface area contributed by atoms with Crippen LogP contribution in [0.4, 0.5) is 5.69 Å². The molecule has 2 heterocycles. The van der Waals surface area contributed by atoms with Crippen LogP contribution in [0.1, 0.15) is 25.6 Å². The predicted molar refractivity (Wildman–Crippen MR) is 83.5 cm³/mol. The molecule has 21 heavy (non-hydrogen) atoms. The van der Waals surface area contributed by atoms with Gasteiger partial charge < -0.3 is 14.8 Å². The number of aryl methyl sites for hydroxylation is 1. The van der Waals surface area contributed by atoms with Gasteiger partial charge in [0.25, 0.3) is 0 Å². The van der Waals surface area contributed by atoms with Gasteiger partial charge in [0, 0.05) is 32.5 Å². The second-order valence-electron chi connectivity index (χ2n) is 5.93. The predicted octanol–water partition coefficient (Wildman–Crippen LogP) is 0.753. The van der Waals surface area contributed by atoms with E-state index in [0.717, 1.165) is 35.5 Å². The number of amides is 1. The Morgan fingerprint density at radius 2 is 2.14 bits per heavy atom. The molecule has 112 valence electrons. The third kappa shape index (κ3) is 3.08. The van der Waals surface area contributed by atoms with Gasteiger partial charge in [0.1, 0.15) is 5.82 Å². The van der Waals surface area contributed by atoms with Crippen molar-refractivity contribution in [1.29, 1.82) is 0 Å². The zero-order valence-electron chi connectivity index (χ0n) is 12.8. The number of carbonyl (C=O) groups excluding carboxylic acids is 1. The molecule has 0 bridgehead atoms. The van der Waals surface area contributed by atoms with E-state index in [1.165, 1.54) is 32.9 Å². The molecule has 1 aromatic carbocycles. The topological polar surface area (TPSA) is 51.4 Å². The largest absolute Gasteiger partial charge is 0.335 e. The summed E-state index contributed by atoms with van der Waals surface area (Å²) in [6, 6.07) is 5.91. The van der Waals surface area contributed by atoms with Gasteiger partial charge in [0.05, 0.1) is 37.1 Å². The molecule has 1 aliphatic rings. The number of nitrogens with one attached hydrogen (secondary N) is 2. The molecule has 5 nitrogen and oxygen atoms in total. The number of imidazole rings is 1. The van der Waals surface area contributed by atoms with E-state index in [0.29, 0.717) is 0 Å². The number of benzene rings is 1. The Morgan fingerprint density at radius 1 is 1.38 bits per heavy atom. The Balaban J connectivity index is 1.79. The minimum absolute atomic E-state index is 0.0527. The molecule has 3 rings (SSSR count). The van der Waals surface area contributed by atoms with Crippen LogP contribution in [0.25, 0.3) is 11.0 Å². The van der Waals surface area contributed by atoms with E-state index in [4.69, 9.17) is 4.98 Å². The number of hydrogen-bond donors (Lipinski definition) is 2. The Bertz CT molecular complexity index is 656. The van der Waals surface area contributed by atoms with Crippen molar-refractivity contribution in [3.8, 4) is 0 Å². The summed E-state index contributed by atoms with van der Waals surface area (Å²) in [7, 11) is 2.07. The fourth-order valence-corrected chi connectivity index (χ4v) is 3.17. The molecular weight excluding hydrogens is 264 g/mol. The first-order valence-electron chi connectivity index (χ1n) is 7.70. The number of quaternary nitrogens is 1. The molecule has 0 spiro atoms. The maximum atomic E-state index is 11.1. The summed E-state index contributed by atoms with van der Waals surface area (Å²) in [5, 5.41) is 2.81.